The van der Waals surface area contributed by atoms with Crippen molar-refractivity contribution in [1.29, 1.82) is 0 Å². The van der Waals surface area contributed by atoms with E-state index in [1.54, 1.807) is 6.92 Å². The van der Waals surface area contributed by atoms with Crippen molar-refractivity contribution in [1.82, 2.24) is 5.32 Å². The Morgan fingerprint density at radius 3 is 2.45 bits per heavy atom. The Kier molecular flexibility index (Phi) is 6.13. The molecule has 0 fully saturated rings. The van der Waals surface area contributed by atoms with E-state index in [9.17, 15) is 4.79 Å². The summed E-state index contributed by atoms with van der Waals surface area (Å²) in [6, 6.07) is 0. The molecule has 0 aliphatic carbocycles. The first-order chi connectivity index (χ1) is 5.22. The van der Waals surface area contributed by atoms with Crippen LogP contribution in [-0.2, 0) is 4.79 Å². The Balaban J connectivity index is 3.60. The van der Waals surface area contributed by atoms with Gasteiger partial charge in [0.15, 0.2) is 0 Å². The second-order valence-corrected chi connectivity index (χ2v) is 2.90. The molecule has 0 aromatic carbocycles. The molecule has 0 spiro atoms. The van der Waals surface area contributed by atoms with E-state index < -0.39 is 0 Å². The lowest BCUT2D eigenvalue weighted by molar-refractivity contribution is -0.120. The lowest BCUT2D eigenvalue weighted by atomic mass is 10.00. The van der Waals surface area contributed by atoms with Crippen molar-refractivity contribution in [3.63, 3.8) is 0 Å². The average Bonchev–Trinajstić information content (AvgIpc) is 1.97. The molecule has 0 heterocycles. The molecule has 0 aliphatic rings. The summed E-state index contributed by atoms with van der Waals surface area (Å²) in [6.45, 7) is 7.65. The highest BCUT2D eigenvalue weighted by Crippen LogP contribution is 2.05. The van der Waals surface area contributed by atoms with E-state index >= 15 is 0 Å². The van der Waals surface area contributed by atoms with Crippen LogP contribution in [0.4, 0.5) is 0 Å². The minimum atomic E-state index is 0.236. The van der Waals surface area contributed by atoms with E-state index in [0.717, 1.165) is 25.9 Å². The van der Waals surface area contributed by atoms with Gasteiger partial charge >= 0.3 is 0 Å². The number of ketones is 1. The van der Waals surface area contributed by atoms with Gasteiger partial charge in [-0.1, -0.05) is 20.3 Å². The van der Waals surface area contributed by atoms with E-state index in [1.807, 2.05) is 0 Å². The number of hydrogen-bond donors (Lipinski definition) is 1. The van der Waals surface area contributed by atoms with Crippen LogP contribution in [0, 0.1) is 5.92 Å². The molecule has 66 valence electrons. The lowest BCUT2D eigenvalue weighted by Crippen LogP contribution is -2.26. The van der Waals surface area contributed by atoms with Crippen molar-refractivity contribution in [2.75, 3.05) is 13.1 Å². The standard InChI is InChI=1S/C9H19NO/c1-4-6-9(8(3)11)7-10-5-2/h9-10H,4-7H2,1-3H3. The van der Waals surface area contributed by atoms with Crippen LogP contribution in [0.3, 0.4) is 0 Å². The highest BCUT2D eigenvalue weighted by molar-refractivity contribution is 5.78. The van der Waals surface area contributed by atoms with Crippen molar-refractivity contribution in [3.05, 3.63) is 0 Å². The number of Topliss-reactive ketones (excluding diaryl/α,β-unsaturated/α-hetero) is 1. The second kappa shape index (κ2) is 6.35. The molecule has 0 bridgehead atoms. The third-order valence-corrected chi connectivity index (χ3v) is 1.85. The molecular weight excluding hydrogens is 138 g/mol. The van der Waals surface area contributed by atoms with Gasteiger partial charge < -0.3 is 5.32 Å². The molecule has 0 saturated carbocycles. The quantitative estimate of drug-likeness (QED) is 0.634. The number of nitrogens with one attached hydrogen (secondary N) is 1. The van der Waals surface area contributed by atoms with Crippen LogP contribution in [-0.4, -0.2) is 18.9 Å². The molecule has 0 radical (unpaired) electrons. The minimum absolute atomic E-state index is 0.236. The van der Waals surface area contributed by atoms with E-state index in [2.05, 4.69) is 19.2 Å². The van der Waals surface area contributed by atoms with Gasteiger partial charge in [0.05, 0.1) is 0 Å². The van der Waals surface area contributed by atoms with Crippen LogP contribution >= 0.6 is 0 Å². The van der Waals surface area contributed by atoms with Gasteiger partial charge in [0.25, 0.3) is 0 Å². The Labute approximate surface area is 69.4 Å². The Bertz CT molecular complexity index is 112. The summed E-state index contributed by atoms with van der Waals surface area (Å²) in [7, 11) is 0. The molecule has 0 aromatic heterocycles. The maximum atomic E-state index is 11.0. The fourth-order valence-electron chi connectivity index (χ4n) is 1.12. The Morgan fingerprint density at radius 1 is 1.45 bits per heavy atom. The van der Waals surface area contributed by atoms with Crippen LogP contribution in [0.5, 0.6) is 0 Å². The van der Waals surface area contributed by atoms with Crippen molar-refractivity contribution >= 4 is 5.78 Å². The fraction of sp³-hybridized carbons (Fsp3) is 0.889. The summed E-state index contributed by atoms with van der Waals surface area (Å²) in [5, 5.41) is 3.19. The second-order valence-electron chi connectivity index (χ2n) is 2.90. The molecule has 1 N–H and O–H groups in total. The maximum absolute atomic E-state index is 11.0. The van der Waals surface area contributed by atoms with Crippen LogP contribution in [0.15, 0.2) is 0 Å². The van der Waals surface area contributed by atoms with Gasteiger partial charge in [-0.05, 0) is 19.9 Å². The predicted molar refractivity (Wildman–Crippen MR) is 47.6 cm³/mol. The van der Waals surface area contributed by atoms with Crippen molar-refractivity contribution in [2.45, 2.75) is 33.6 Å². The molecule has 0 aliphatic heterocycles. The smallest absolute Gasteiger partial charge is 0.134 e. The zero-order valence-electron chi connectivity index (χ0n) is 7.81. The summed E-state index contributed by atoms with van der Waals surface area (Å²) in [6.07, 6.45) is 2.11. The molecule has 1 atom stereocenters. The summed E-state index contributed by atoms with van der Waals surface area (Å²) in [5.74, 6) is 0.549. The van der Waals surface area contributed by atoms with E-state index in [1.165, 1.54) is 0 Å². The maximum Gasteiger partial charge on any atom is 0.134 e. The first-order valence-corrected chi connectivity index (χ1v) is 4.43. The first kappa shape index (κ1) is 10.6. The lowest BCUT2D eigenvalue weighted by Gasteiger charge is -2.11. The summed E-state index contributed by atoms with van der Waals surface area (Å²) in [4.78, 5) is 11.0. The monoisotopic (exact) mass is 157 g/mol. The average molecular weight is 157 g/mol. The number of rotatable bonds is 6. The molecule has 0 aromatic rings. The van der Waals surface area contributed by atoms with Crippen molar-refractivity contribution in [2.24, 2.45) is 5.92 Å². The van der Waals surface area contributed by atoms with Gasteiger partial charge in [-0.15, -0.1) is 0 Å². The summed E-state index contributed by atoms with van der Waals surface area (Å²) >= 11 is 0. The highest BCUT2D eigenvalue weighted by atomic mass is 16.1. The van der Waals surface area contributed by atoms with Crippen molar-refractivity contribution < 1.29 is 4.79 Å². The van der Waals surface area contributed by atoms with Crippen LogP contribution < -0.4 is 5.32 Å². The molecule has 0 amide bonds. The molecule has 2 heteroatoms. The van der Waals surface area contributed by atoms with Crippen molar-refractivity contribution in [3.8, 4) is 0 Å². The Morgan fingerprint density at radius 2 is 2.09 bits per heavy atom. The third-order valence-electron chi connectivity index (χ3n) is 1.85. The molecule has 2 nitrogen and oxygen atoms in total. The third kappa shape index (κ3) is 4.96. The molecule has 0 rings (SSSR count). The SMILES string of the molecule is CCCC(CNCC)C(C)=O. The molecule has 1 unspecified atom stereocenters. The number of hydrogen-bond acceptors (Lipinski definition) is 2. The van der Waals surface area contributed by atoms with Gasteiger partial charge in [0.1, 0.15) is 5.78 Å². The zero-order valence-corrected chi connectivity index (χ0v) is 7.81. The fourth-order valence-corrected chi connectivity index (χ4v) is 1.12. The summed E-state index contributed by atoms with van der Waals surface area (Å²) < 4.78 is 0. The largest absolute Gasteiger partial charge is 0.316 e. The molecule has 0 saturated heterocycles. The van der Waals surface area contributed by atoms with Gasteiger partial charge in [-0.25, -0.2) is 0 Å². The van der Waals surface area contributed by atoms with Gasteiger partial charge in [-0.3, -0.25) is 4.79 Å². The van der Waals surface area contributed by atoms with Gasteiger partial charge in [-0.2, -0.15) is 0 Å². The van der Waals surface area contributed by atoms with Gasteiger partial charge in [0.2, 0.25) is 0 Å². The first-order valence-electron chi connectivity index (χ1n) is 4.43. The van der Waals surface area contributed by atoms with E-state index in [-0.39, 0.29) is 5.92 Å². The van der Waals surface area contributed by atoms with Crippen LogP contribution in [0.1, 0.15) is 33.6 Å². The van der Waals surface area contributed by atoms with Crippen LogP contribution in [0.25, 0.3) is 0 Å². The van der Waals surface area contributed by atoms with Gasteiger partial charge in [0, 0.05) is 12.5 Å². The molecule has 11 heavy (non-hydrogen) atoms. The Hall–Kier alpha value is -0.370. The predicted octanol–water partition coefficient (Wildman–Crippen LogP) is 1.60. The van der Waals surface area contributed by atoms with E-state index in [0.29, 0.717) is 5.78 Å². The number of carbonyl (C=O) groups excluding carboxylic acids is 1. The zero-order chi connectivity index (χ0) is 8.69. The van der Waals surface area contributed by atoms with E-state index in [4.69, 9.17) is 0 Å². The normalized spacial score (nSPS) is 13.0. The molecular formula is C9H19NO. The minimum Gasteiger partial charge on any atom is -0.316 e. The number of carbonyl (C=O) groups is 1. The summed E-state index contributed by atoms with van der Waals surface area (Å²) in [5.41, 5.74) is 0. The topological polar surface area (TPSA) is 29.1 Å². The highest BCUT2D eigenvalue weighted by Gasteiger charge is 2.11. The van der Waals surface area contributed by atoms with Crippen LogP contribution in [0.2, 0.25) is 0 Å².